The number of hydrogen-bond acceptors (Lipinski definition) is 3. The van der Waals surface area contributed by atoms with Crippen LogP contribution in [0, 0.1) is 5.92 Å². The first-order valence-corrected chi connectivity index (χ1v) is 6.95. The van der Waals surface area contributed by atoms with Crippen LogP contribution in [0.5, 0.6) is 0 Å². The fourth-order valence-electron chi connectivity index (χ4n) is 2.89. The molecule has 0 aromatic carbocycles. The van der Waals surface area contributed by atoms with E-state index in [1.165, 1.54) is 12.0 Å². The highest BCUT2D eigenvalue weighted by atomic mass is 16.3. The SMILES string of the molecule is CC1CCCC(O)(CNC(C)c2cccnc2)C1. The summed E-state index contributed by atoms with van der Waals surface area (Å²) in [6, 6.07) is 4.25. The van der Waals surface area contributed by atoms with Gasteiger partial charge in [0, 0.05) is 25.0 Å². The van der Waals surface area contributed by atoms with Crippen LogP contribution in [-0.4, -0.2) is 22.2 Å². The van der Waals surface area contributed by atoms with E-state index in [0.29, 0.717) is 12.5 Å². The number of pyridine rings is 1. The molecule has 0 amide bonds. The maximum Gasteiger partial charge on any atom is 0.0774 e. The molecule has 2 rings (SSSR count). The minimum atomic E-state index is -0.520. The standard InChI is InChI=1S/C15H24N2O/c1-12-5-3-7-15(18,9-12)11-17-13(2)14-6-4-8-16-10-14/h4,6,8,10,12-13,17-18H,3,5,7,9,11H2,1-2H3. The molecule has 0 radical (unpaired) electrons. The van der Waals surface area contributed by atoms with Gasteiger partial charge in [-0.25, -0.2) is 0 Å². The van der Waals surface area contributed by atoms with Crippen LogP contribution in [0.1, 0.15) is 51.1 Å². The Kier molecular flexibility index (Phi) is 4.36. The minimum Gasteiger partial charge on any atom is -0.389 e. The van der Waals surface area contributed by atoms with Crippen molar-refractivity contribution in [3.8, 4) is 0 Å². The molecule has 0 aliphatic heterocycles. The smallest absolute Gasteiger partial charge is 0.0774 e. The van der Waals surface area contributed by atoms with Crippen molar-refractivity contribution in [3.63, 3.8) is 0 Å². The van der Waals surface area contributed by atoms with Crippen LogP contribution in [0.3, 0.4) is 0 Å². The highest BCUT2D eigenvalue weighted by Gasteiger charge is 2.32. The lowest BCUT2D eigenvalue weighted by atomic mass is 9.79. The molecule has 1 saturated carbocycles. The van der Waals surface area contributed by atoms with Gasteiger partial charge in [-0.15, -0.1) is 0 Å². The summed E-state index contributed by atoms with van der Waals surface area (Å²) >= 11 is 0. The van der Waals surface area contributed by atoms with Gasteiger partial charge in [0.25, 0.3) is 0 Å². The van der Waals surface area contributed by atoms with E-state index in [1.807, 2.05) is 12.3 Å². The van der Waals surface area contributed by atoms with E-state index < -0.39 is 5.60 Å². The normalized spacial score (nSPS) is 30.1. The Labute approximate surface area is 110 Å². The molecule has 3 atom stereocenters. The molecule has 1 heterocycles. The zero-order valence-corrected chi connectivity index (χ0v) is 11.4. The quantitative estimate of drug-likeness (QED) is 0.861. The second-order valence-corrected chi connectivity index (χ2v) is 5.81. The van der Waals surface area contributed by atoms with E-state index in [4.69, 9.17) is 0 Å². The minimum absolute atomic E-state index is 0.236. The molecule has 3 heteroatoms. The molecular formula is C15H24N2O. The highest BCUT2D eigenvalue weighted by Crippen LogP contribution is 2.32. The molecule has 18 heavy (non-hydrogen) atoms. The molecule has 100 valence electrons. The summed E-state index contributed by atoms with van der Waals surface area (Å²) < 4.78 is 0. The van der Waals surface area contributed by atoms with E-state index in [-0.39, 0.29) is 6.04 Å². The summed E-state index contributed by atoms with van der Waals surface area (Å²) in [5.74, 6) is 0.638. The van der Waals surface area contributed by atoms with Crippen LogP contribution >= 0.6 is 0 Å². The van der Waals surface area contributed by atoms with Crippen LogP contribution in [-0.2, 0) is 0 Å². The van der Waals surface area contributed by atoms with Crippen molar-refractivity contribution in [2.45, 2.75) is 51.2 Å². The van der Waals surface area contributed by atoms with Crippen molar-refractivity contribution in [1.82, 2.24) is 10.3 Å². The van der Waals surface area contributed by atoms with Crippen molar-refractivity contribution in [1.29, 1.82) is 0 Å². The Balaban J connectivity index is 1.87. The van der Waals surface area contributed by atoms with Gasteiger partial charge in [0.05, 0.1) is 5.60 Å². The van der Waals surface area contributed by atoms with Gasteiger partial charge < -0.3 is 10.4 Å². The van der Waals surface area contributed by atoms with E-state index >= 15 is 0 Å². The summed E-state index contributed by atoms with van der Waals surface area (Å²) in [4.78, 5) is 4.13. The molecule has 1 aliphatic carbocycles. The highest BCUT2D eigenvalue weighted by molar-refractivity contribution is 5.12. The number of rotatable bonds is 4. The van der Waals surface area contributed by atoms with Crippen molar-refractivity contribution in [2.75, 3.05) is 6.54 Å². The third kappa shape index (κ3) is 3.53. The van der Waals surface area contributed by atoms with E-state index in [0.717, 1.165) is 19.3 Å². The second-order valence-electron chi connectivity index (χ2n) is 5.81. The first-order valence-electron chi connectivity index (χ1n) is 6.95. The van der Waals surface area contributed by atoms with Gasteiger partial charge in [-0.3, -0.25) is 4.98 Å². The predicted octanol–water partition coefficient (Wildman–Crippen LogP) is 2.67. The van der Waals surface area contributed by atoms with E-state index in [1.54, 1.807) is 6.20 Å². The summed E-state index contributed by atoms with van der Waals surface area (Å²) in [5.41, 5.74) is 0.652. The zero-order valence-electron chi connectivity index (χ0n) is 11.4. The van der Waals surface area contributed by atoms with Crippen molar-refractivity contribution < 1.29 is 5.11 Å². The molecule has 3 unspecified atom stereocenters. The molecule has 1 fully saturated rings. The lowest BCUT2D eigenvalue weighted by Crippen LogP contribution is -2.44. The molecule has 1 aromatic heterocycles. The van der Waals surface area contributed by atoms with Crippen LogP contribution in [0.2, 0.25) is 0 Å². The van der Waals surface area contributed by atoms with Gasteiger partial charge in [-0.2, -0.15) is 0 Å². The summed E-state index contributed by atoms with van der Waals surface area (Å²) in [5, 5.41) is 14.0. The fourth-order valence-corrected chi connectivity index (χ4v) is 2.89. The van der Waals surface area contributed by atoms with Crippen LogP contribution in [0.4, 0.5) is 0 Å². The van der Waals surface area contributed by atoms with Crippen LogP contribution in [0.25, 0.3) is 0 Å². The van der Waals surface area contributed by atoms with Crippen LogP contribution in [0.15, 0.2) is 24.5 Å². The van der Waals surface area contributed by atoms with E-state index in [2.05, 4.69) is 30.2 Å². The molecule has 1 aliphatic rings. The van der Waals surface area contributed by atoms with Crippen molar-refractivity contribution >= 4 is 0 Å². The number of nitrogens with zero attached hydrogens (tertiary/aromatic N) is 1. The summed E-state index contributed by atoms with van der Waals surface area (Å²) in [7, 11) is 0. The average molecular weight is 248 g/mol. The Morgan fingerprint density at radius 3 is 3.11 bits per heavy atom. The Morgan fingerprint density at radius 1 is 1.61 bits per heavy atom. The van der Waals surface area contributed by atoms with Crippen molar-refractivity contribution in [2.24, 2.45) is 5.92 Å². The van der Waals surface area contributed by atoms with Crippen LogP contribution < -0.4 is 5.32 Å². The largest absolute Gasteiger partial charge is 0.389 e. The Hall–Kier alpha value is -0.930. The lowest BCUT2D eigenvalue weighted by Gasteiger charge is -2.36. The van der Waals surface area contributed by atoms with Gasteiger partial charge in [-0.05, 0) is 37.3 Å². The number of aliphatic hydroxyl groups is 1. The lowest BCUT2D eigenvalue weighted by molar-refractivity contribution is -0.0134. The molecule has 2 N–H and O–H groups in total. The average Bonchev–Trinajstić information content (AvgIpc) is 2.37. The molecule has 0 spiro atoms. The van der Waals surface area contributed by atoms with Gasteiger partial charge in [0.1, 0.15) is 0 Å². The van der Waals surface area contributed by atoms with E-state index in [9.17, 15) is 5.11 Å². The second kappa shape index (κ2) is 5.81. The summed E-state index contributed by atoms with van der Waals surface area (Å²) in [6.07, 6.45) is 7.89. The third-order valence-electron chi connectivity index (χ3n) is 3.99. The molecule has 0 saturated heterocycles. The topological polar surface area (TPSA) is 45.1 Å². The maximum absolute atomic E-state index is 10.6. The molecular weight excluding hydrogens is 224 g/mol. The maximum atomic E-state index is 10.6. The fraction of sp³-hybridized carbons (Fsp3) is 0.667. The number of aromatic nitrogens is 1. The van der Waals surface area contributed by atoms with Gasteiger partial charge in [0.15, 0.2) is 0 Å². The zero-order chi connectivity index (χ0) is 13.0. The molecule has 3 nitrogen and oxygen atoms in total. The molecule has 0 bridgehead atoms. The van der Waals surface area contributed by atoms with Gasteiger partial charge in [-0.1, -0.05) is 25.8 Å². The first-order chi connectivity index (χ1) is 8.59. The number of hydrogen-bond donors (Lipinski definition) is 2. The van der Waals surface area contributed by atoms with Crippen molar-refractivity contribution in [3.05, 3.63) is 30.1 Å². The number of nitrogens with one attached hydrogen (secondary N) is 1. The third-order valence-corrected chi connectivity index (χ3v) is 3.99. The Bertz CT molecular complexity index is 368. The molecule has 1 aromatic rings. The monoisotopic (exact) mass is 248 g/mol. The van der Waals surface area contributed by atoms with Gasteiger partial charge in [0.2, 0.25) is 0 Å². The first kappa shape index (κ1) is 13.5. The Morgan fingerprint density at radius 2 is 2.44 bits per heavy atom. The van der Waals surface area contributed by atoms with Gasteiger partial charge >= 0.3 is 0 Å². The predicted molar refractivity (Wildman–Crippen MR) is 73.2 cm³/mol. The summed E-state index contributed by atoms with van der Waals surface area (Å²) in [6.45, 7) is 5.02.